The molecule has 1 unspecified atom stereocenters. The van der Waals surface area contributed by atoms with E-state index in [4.69, 9.17) is 9.47 Å². The van der Waals surface area contributed by atoms with E-state index in [0.29, 0.717) is 37.6 Å². The number of hydrogen-bond acceptors (Lipinski definition) is 5. The largest absolute Gasteiger partial charge is 0.497 e. The molecule has 1 saturated heterocycles. The molecule has 2 aromatic carbocycles. The Labute approximate surface area is 173 Å². The van der Waals surface area contributed by atoms with Crippen molar-refractivity contribution in [2.75, 3.05) is 33.4 Å². The van der Waals surface area contributed by atoms with E-state index in [-0.39, 0.29) is 5.91 Å². The van der Waals surface area contributed by atoms with Crippen LogP contribution in [0, 0.1) is 0 Å². The van der Waals surface area contributed by atoms with Gasteiger partial charge in [0.05, 0.1) is 31.1 Å². The molecule has 0 bridgehead atoms. The summed E-state index contributed by atoms with van der Waals surface area (Å²) in [4.78, 5) is 18.0. The van der Waals surface area contributed by atoms with E-state index in [1.54, 1.807) is 18.2 Å². The van der Waals surface area contributed by atoms with Gasteiger partial charge < -0.3 is 19.4 Å². The summed E-state index contributed by atoms with van der Waals surface area (Å²) in [5.41, 5.74) is 2.15. The number of amides is 1. The van der Waals surface area contributed by atoms with Crippen molar-refractivity contribution in [1.82, 2.24) is 9.88 Å². The summed E-state index contributed by atoms with van der Waals surface area (Å²) >= 11 is 0. The van der Waals surface area contributed by atoms with Crippen molar-refractivity contribution in [3.05, 3.63) is 59.8 Å². The Morgan fingerprint density at radius 1 is 1.17 bits per heavy atom. The van der Waals surface area contributed by atoms with Crippen molar-refractivity contribution in [1.29, 1.82) is 0 Å². The Balaban J connectivity index is 1.83. The van der Waals surface area contributed by atoms with Crippen LogP contribution in [-0.2, 0) is 19.8 Å². The van der Waals surface area contributed by atoms with Gasteiger partial charge in [-0.25, -0.2) is 0 Å². The van der Waals surface area contributed by atoms with Crippen LogP contribution in [0.1, 0.15) is 17.0 Å². The molecule has 0 aliphatic carbocycles. The Morgan fingerprint density at radius 3 is 2.50 bits per heavy atom. The third-order valence-electron chi connectivity index (χ3n) is 5.30. The summed E-state index contributed by atoms with van der Waals surface area (Å²) in [6, 6.07) is 10.9. The van der Waals surface area contributed by atoms with Crippen LogP contribution in [0.15, 0.2) is 53.6 Å². The second-order valence-electron chi connectivity index (χ2n) is 7.03. The lowest BCUT2D eigenvalue weighted by atomic mass is 9.89. The number of hydrogen-bond donors (Lipinski definition) is 1. The van der Waals surface area contributed by atoms with E-state index in [0.717, 1.165) is 16.5 Å². The number of aromatic nitrogens is 1. The summed E-state index contributed by atoms with van der Waals surface area (Å²) in [6.45, 7) is 1.86. The van der Waals surface area contributed by atoms with Crippen molar-refractivity contribution in [3.63, 3.8) is 0 Å². The van der Waals surface area contributed by atoms with Crippen molar-refractivity contribution in [3.8, 4) is 5.75 Å². The number of H-pyrrole nitrogens is 1. The Hall–Kier alpha value is -2.91. The number of fused-ring (bicyclic) bond motifs is 1. The Morgan fingerprint density at radius 2 is 1.87 bits per heavy atom. The molecule has 0 spiro atoms. The van der Waals surface area contributed by atoms with Gasteiger partial charge in [-0.3, -0.25) is 4.79 Å². The van der Waals surface area contributed by atoms with Crippen LogP contribution >= 0.6 is 0 Å². The van der Waals surface area contributed by atoms with Crippen LogP contribution < -0.4 is 4.74 Å². The average molecular weight is 432 g/mol. The van der Waals surface area contributed by atoms with Crippen molar-refractivity contribution >= 4 is 27.0 Å². The van der Waals surface area contributed by atoms with Gasteiger partial charge in [-0.05, 0) is 41.5 Å². The highest BCUT2D eigenvalue weighted by atomic mass is 32.3. The number of carbonyl (C=O) groups is 1. The monoisotopic (exact) mass is 432 g/mol. The molecule has 30 heavy (non-hydrogen) atoms. The predicted molar refractivity (Wildman–Crippen MR) is 109 cm³/mol. The molecule has 1 N–H and O–H groups in total. The number of methoxy groups -OCH3 is 1. The maximum atomic E-state index is 13.5. The van der Waals surface area contributed by atoms with Gasteiger partial charge in [-0.1, -0.05) is 12.1 Å². The quantitative estimate of drug-likeness (QED) is 0.627. The molecule has 158 valence electrons. The first kappa shape index (κ1) is 20.4. The van der Waals surface area contributed by atoms with Crippen LogP contribution in [0.2, 0.25) is 0 Å². The first-order valence-electron chi connectivity index (χ1n) is 9.44. The molecule has 1 aromatic heterocycles. The first-order chi connectivity index (χ1) is 14.4. The van der Waals surface area contributed by atoms with E-state index >= 15 is 0 Å². The number of aromatic amines is 1. The minimum absolute atomic E-state index is 0.127. The van der Waals surface area contributed by atoms with E-state index in [1.165, 1.54) is 24.3 Å². The number of morpholine rings is 1. The lowest BCUT2D eigenvalue weighted by Gasteiger charge is -2.30. The number of nitrogens with one attached hydrogen (secondary N) is 1. The zero-order valence-corrected chi connectivity index (χ0v) is 17.1. The topological polar surface area (TPSA) is 88.7 Å². The van der Waals surface area contributed by atoms with Gasteiger partial charge in [0.1, 0.15) is 5.75 Å². The molecular weight excluding hydrogens is 411 g/mol. The SMILES string of the molecule is COc1ccc2[nH]cc(C(C(=O)N3CCOCC3)c3ccc(S(=O)(=O)F)cc3)c2c1. The van der Waals surface area contributed by atoms with Gasteiger partial charge in [0.15, 0.2) is 0 Å². The molecule has 1 amide bonds. The first-order valence-corrected chi connectivity index (χ1v) is 10.8. The van der Waals surface area contributed by atoms with Crippen LogP contribution in [-0.4, -0.2) is 57.6 Å². The van der Waals surface area contributed by atoms with E-state index in [2.05, 4.69) is 4.98 Å². The van der Waals surface area contributed by atoms with E-state index < -0.39 is 21.0 Å². The molecule has 4 rings (SSSR count). The van der Waals surface area contributed by atoms with E-state index in [1.807, 2.05) is 18.2 Å². The number of carbonyl (C=O) groups excluding carboxylic acids is 1. The summed E-state index contributed by atoms with van der Waals surface area (Å²) in [5, 5.41) is 0.822. The summed E-state index contributed by atoms with van der Waals surface area (Å²) in [6.07, 6.45) is 1.77. The van der Waals surface area contributed by atoms with Gasteiger partial charge in [0, 0.05) is 30.2 Å². The fraction of sp³-hybridized carbons (Fsp3) is 0.286. The Kier molecular flexibility index (Phi) is 5.48. The molecule has 1 atom stereocenters. The highest BCUT2D eigenvalue weighted by Crippen LogP contribution is 2.35. The number of ether oxygens (including phenoxy) is 2. The number of nitrogens with zero attached hydrogens (tertiary/aromatic N) is 1. The van der Waals surface area contributed by atoms with E-state index in [9.17, 15) is 17.1 Å². The molecule has 3 aromatic rings. The number of benzene rings is 2. The van der Waals surface area contributed by atoms with Gasteiger partial charge >= 0.3 is 10.2 Å². The lowest BCUT2D eigenvalue weighted by molar-refractivity contribution is -0.135. The summed E-state index contributed by atoms with van der Waals surface area (Å²) in [7, 11) is -3.25. The summed E-state index contributed by atoms with van der Waals surface area (Å²) in [5.74, 6) is -0.169. The third-order valence-corrected chi connectivity index (χ3v) is 6.13. The summed E-state index contributed by atoms with van der Waals surface area (Å²) < 4.78 is 46.4. The van der Waals surface area contributed by atoms with Crippen LogP contribution in [0.5, 0.6) is 5.75 Å². The van der Waals surface area contributed by atoms with Crippen LogP contribution in [0.4, 0.5) is 3.89 Å². The minimum atomic E-state index is -4.82. The second kappa shape index (κ2) is 8.08. The smallest absolute Gasteiger partial charge is 0.332 e. The molecular formula is C21H21FN2O5S. The molecule has 1 aliphatic rings. The van der Waals surface area contributed by atoms with Gasteiger partial charge in [-0.2, -0.15) is 8.42 Å². The van der Waals surface area contributed by atoms with Gasteiger partial charge in [0.25, 0.3) is 0 Å². The molecule has 1 fully saturated rings. The van der Waals surface area contributed by atoms with Crippen molar-refractivity contribution < 1.29 is 26.6 Å². The normalized spacial score (nSPS) is 15.9. The molecule has 0 radical (unpaired) electrons. The molecule has 2 heterocycles. The van der Waals surface area contributed by atoms with Crippen LogP contribution in [0.25, 0.3) is 10.9 Å². The molecule has 1 aliphatic heterocycles. The highest BCUT2D eigenvalue weighted by Gasteiger charge is 2.31. The van der Waals surface area contributed by atoms with Gasteiger partial charge in [-0.15, -0.1) is 3.89 Å². The van der Waals surface area contributed by atoms with Crippen molar-refractivity contribution in [2.24, 2.45) is 0 Å². The number of halogens is 1. The molecule has 0 saturated carbocycles. The van der Waals surface area contributed by atoms with Crippen LogP contribution in [0.3, 0.4) is 0 Å². The zero-order chi connectivity index (χ0) is 21.3. The minimum Gasteiger partial charge on any atom is -0.497 e. The highest BCUT2D eigenvalue weighted by molar-refractivity contribution is 7.86. The average Bonchev–Trinajstić information content (AvgIpc) is 3.17. The lowest BCUT2D eigenvalue weighted by Crippen LogP contribution is -2.43. The molecule has 9 heteroatoms. The zero-order valence-electron chi connectivity index (χ0n) is 16.3. The number of rotatable bonds is 5. The second-order valence-corrected chi connectivity index (χ2v) is 8.38. The van der Waals surface area contributed by atoms with Gasteiger partial charge in [0.2, 0.25) is 5.91 Å². The standard InChI is InChI=1S/C21H21FN2O5S/c1-28-15-4-7-19-17(12-15)18(13-23-19)20(21(25)24-8-10-29-11-9-24)14-2-5-16(6-3-14)30(22,26)27/h2-7,12-13,20,23H,8-11H2,1H3. The maximum absolute atomic E-state index is 13.5. The fourth-order valence-electron chi connectivity index (χ4n) is 3.73. The third kappa shape index (κ3) is 3.90. The fourth-order valence-corrected chi connectivity index (χ4v) is 4.19. The van der Waals surface area contributed by atoms with Crippen molar-refractivity contribution in [2.45, 2.75) is 10.8 Å². The molecule has 7 nitrogen and oxygen atoms in total. The Bertz CT molecular complexity index is 1170. The maximum Gasteiger partial charge on any atom is 0.332 e. The predicted octanol–water partition coefficient (Wildman–Crippen LogP) is 2.83.